The van der Waals surface area contributed by atoms with Gasteiger partial charge in [0.1, 0.15) is 22.4 Å². The van der Waals surface area contributed by atoms with E-state index in [2.05, 4.69) is 21.5 Å². The number of anilines is 1. The van der Waals surface area contributed by atoms with Gasteiger partial charge in [-0.05, 0) is 19.1 Å². The summed E-state index contributed by atoms with van der Waals surface area (Å²) in [5.41, 5.74) is 2.13. The summed E-state index contributed by atoms with van der Waals surface area (Å²) < 4.78 is 14.0. The van der Waals surface area contributed by atoms with E-state index in [0.717, 1.165) is 11.2 Å². The summed E-state index contributed by atoms with van der Waals surface area (Å²) >= 11 is 6.20. The van der Waals surface area contributed by atoms with Crippen molar-refractivity contribution in [2.75, 3.05) is 18.5 Å². The molecule has 4 nitrogen and oxygen atoms in total. The van der Waals surface area contributed by atoms with E-state index < -0.39 is 0 Å². The maximum Gasteiger partial charge on any atom is 0.143 e. The van der Waals surface area contributed by atoms with Crippen molar-refractivity contribution in [2.45, 2.75) is 6.92 Å². The Hall–Kier alpha value is -2.14. The molecule has 0 radical (unpaired) electrons. The van der Waals surface area contributed by atoms with Crippen LogP contribution in [0, 0.1) is 12.7 Å². The summed E-state index contributed by atoms with van der Waals surface area (Å²) in [6, 6.07) is 2.93. The van der Waals surface area contributed by atoms with Crippen molar-refractivity contribution >= 4 is 39.2 Å². The van der Waals surface area contributed by atoms with Gasteiger partial charge in [0.05, 0.1) is 16.6 Å². The van der Waals surface area contributed by atoms with E-state index in [1.807, 2.05) is 11.9 Å². The summed E-state index contributed by atoms with van der Waals surface area (Å²) in [5, 5.41) is 1.65. The van der Waals surface area contributed by atoms with Gasteiger partial charge in [0, 0.05) is 19.0 Å². The van der Waals surface area contributed by atoms with Crippen LogP contribution < -0.4 is 4.90 Å². The van der Waals surface area contributed by atoms with E-state index in [1.165, 1.54) is 12.1 Å². The van der Waals surface area contributed by atoms with Crippen LogP contribution in [0.3, 0.4) is 0 Å². The van der Waals surface area contributed by atoms with E-state index in [1.54, 1.807) is 13.0 Å². The zero-order chi connectivity index (χ0) is 15.1. The van der Waals surface area contributed by atoms with E-state index in [0.29, 0.717) is 33.9 Å². The van der Waals surface area contributed by atoms with Crippen molar-refractivity contribution in [3.8, 4) is 0 Å². The Morgan fingerprint density at radius 1 is 1.43 bits per heavy atom. The molecule has 0 atom stereocenters. The van der Waals surface area contributed by atoms with Crippen LogP contribution in [0.2, 0.25) is 5.15 Å². The van der Waals surface area contributed by atoms with Crippen LogP contribution in [0.4, 0.5) is 10.1 Å². The van der Waals surface area contributed by atoms with Crippen LogP contribution >= 0.6 is 11.6 Å². The number of hydrogen-bond donors (Lipinski definition) is 1. The molecule has 6 heteroatoms. The third kappa shape index (κ3) is 2.23. The lowest BCUT2D eigenvalue weighted by molar-refractivity contribution is 0.629. The molecule has 0 aliphatic heterocycles. The number of benzene rings is 1. The van der Waals surface area contributed by atoms with Crippen molar-refractivity contribution in [1.29, 1.82) is 0 Å². The SMILES string of the molecule is C=CCN(C)c1cc(F)cc2c1[nH]c1nc(C)nc(Cl)c12. The van der Waals surface area contributed by atoms with Gasteiger partial charge in [0.2, 0.25) is 0 Å². The minimum Gasteiger partial charge on any atom is -0.369 e. The minimum absolute atomic E-state index is 0.326. The van der Waals surface area contributed by atoms with Gasteiger partial charge in [-0.2, -0.15) is 0 Å². The Bertz CT molecular complexity index is 856. The molecule has 1 N–H and O–H groups in total. The number of aromatic amines is 1. The van der Waals surface area contributed by atoms with Crippen LogP contribution in [0.25, 0.3) is 21.9 Å². The number of aryl methyl sites for hydroxylation is 1. The number of hydrogen-bond acceptors (Lipinski definition) is 3. The topological polar surface area (TPSA) is 44.8 Å². The van der Waals surface area contributed by atoms with Crippen LogP contribution in [0.15, 0.2) is 24.8 Å². The number of aromatic nitrogens is 3. The van der Waals surface area contributed by atoms with Crippen molar-refractivity contribution < 1.29 is 4.39 Å². The van der Waals surface area contributed by atoms with Crippen molar-refractivity contribution in [1.82, 2.24) is 15.0 Å². The lowest BCUT2D eigenvalue weighted by Crippen LogP contribution is -2.17. The maximum absolute atomic E-state index is 14.0. The summed E-state index contributed by atoms with van der Waals surface area (Å²) in [4.78, 5) is 13.6. The van der Waals surface area contributed by atoms with Gasteiger partial charge < -0.3 is 9.88 Å². The molecular weight excluding hydrogens is 291 g/mol. The minimum atomic E-state index is -0.328. The standard InChI is InChI=1S/C15H14ClFN4/c1-4-5-21(3)11-7-9(17)6-10-12-14(16)18-8(2)19-15(12)20-13(10)11/h4,6-7H,1,5H2,2-3H3,(H,18,19,20). The monoisotopic (exact) mass is 304 g/mol. The van der Waals surface area contributed by atoms with Crippen LogP contribution in [0.5, 0.6) is 0 Å². The summed E-state index contributed by atoms with van der Waals surface area (Å²) in [7, 11) is 1.87. The van der Waals surface area contributed by atoms with Gasteiger partial charge in [-0.1, -0.05) is 17.7 Å². The van der Waals surface area contributed by atoms with Gasteiger partial charge >= 0.3 is 0 Å². The molecule has 3 rings (SSSR count). The highest BCUT2D eigenvalue weighted by atomic mass is 35.5. The molecule has 2 aromatic heterocycles. The average molecular weight is 305 g/mol. The zero-order valence-corrected chi connectivity index (χ0v) is 12.5. The smallest absolute Gasteiger partial charge is 0.143 e. The Kier molecular flexibility index (Phi) is 3.29. The van der Waals surface area contributed by atoms with E-state index in [9.17, 15) is 4.39 Å². The first-order valence-electron chi connectivity index (χ1n) is 6.48. The third-order valence-electron chi connectivity index (χ3n) is 3.39. The van der Waals surface area contributed by atoms with E-state index in [-0.39, 0.29) is 5.82 Å². The quantitative estimate of drug-likeness (QED) is 0.591. The van der Waals surface area contributed by atoms with Gasteiger partial charge in [-0.15, -0.1) is 6.58 Å². The molecular formula is C15H14ClFN4. The number of H-pyrrole nitrogens is 1. The number of fused-ring (bicyclic) bond motifs is 3. The molecule has 0 spiro atoms. The van der Waals surface area contributed by atoms with Gasteiger partial charge in [0.15, 0.2) is 0 Å². The largest absolute Gasteiger partial charge is 0.369 e. The summed E-state index contributed by atoms with van der Waals surface area (Å²) in [6.45, 7) is 6.08. The first-order chi connectivity index (χ1) is 10.0. The molecule has 0 fully saturated rings. The fraction of sp³-hybridized carbons (Fsp3) is 0.200. The van der Waals surface area contributed by atoms with E-state index in [4.69, 9.17) is 11.6 Å². The molecule has 0 aliphatic carbocycles. The zero-order valence-electron chi connectivity index (χ0n) is 11.7. The molecule has 108 valence electrons. The van der Waals surface area contributed by atoms with E-state index >= 15 is 0 Å². The van der Waals surface area contributed by atoms with Gasteiger partial charge in [-0.3, -0.25) is 0 Å². The second kappa shape index (κ2) is 5.00. The molecule has 21 heavy (non-hydrogen) atoms. The number of halogens is 2. The molecule has 0 saturated carbocycles. The third-order valence-corrected chi connectivity index (χ3v) is 3.66. The first kappa shape index (κ1) is 13.8. The highest BCUT2D eigenvalue weighted by Crippen LogP contribution is 2.35. The molecule has 0 saturated heterocycles. The Balaban J connectivity index is 2.40. The fourth-order valence-corrected chi connectivity index (χ4v) is 2.81. The Morgan fingerprint density at radius 2 is 2.19 bits per heavy atom. The molecule has 3 aromatic rings. The average Bonchev–Trinajstić information content (AvgIpc) is 2.75. The normalized spacial score (nSPS) is 11.2. The fourth-order valence-electron chi connectivity index (χ4n) is 2.50. The predicted molar refractivity (Wildman–Crippen MR) is 84.6 cm³/mol. The predicted octanol–water partition coefficient (Wildman–Crippen LogP) is 3.83. The second-order valence-electron chi connectivity index (χ2n) is 4.93. The molecule has 0 aliphatic rings. The van der Waals surface area contributed by atoms with Crippen LogP contribution in [-0.2, 0) is 0 Å². The second-order valence-corrected chi connectivity index (χ2v) is 5.28. The van der Waals surface area contributed by atoms with Crippen LogP contribution in [0.1, 0.15) is 5.82 Å². The number of nitrogens with zero attached hydrogens (tertiary/aromatic N) is 3. The van der Waals surface area contributed by atoms with Crippen molar-refractivity contribution in [3.63, 3.8) is 0 Å². The highest BCUT2D eigenvalue weighted by molar-refractivity contribution is 6.36. The number of rotatable bonds is 3. The maximum atomic E-state index is 14.0. The first-order valence-corrected chi connectivity index (χ1v) is 6.86. The molecule has 1 aromatic carbocycles. The summed E-state index contributed by atoms with van der Waals surface area (Å²) in [6.07, 6.45) is 1.76. The lowest BCUT2D eigenvalue weighted by Gasteiger charge is -2.18. The Morgan fingerprint density at radius 3 is 2.90 bits per heavy atom. The molecule has 0 bridgehead atoms. The van der Waals surface area contributed by atoms with Gasteiger partial charge in [-0.25, -0.2) is 14.4 Å². The number of nitrogens with one attached hydrogen (secondary N) is 1. The van der Waals surface area contributed by atoms with Gasteiger partial charge in [0.25, 0.3) is 0 Å². The van der Waals surface area contributed by atoms with Crippen LogP contribution in [-0.4, -0.2) is 28.5 Å². The highest BCUT2D eigenvalue weighted by Gasteiger charge is 2.16. The summed E-state index contributed by atoms with van der Waals surface area (Å²) in [5.74, 6) is 0.242. The molecule has 0 unspecified atom stereocenters. The van der Waals surface area contributed by atoms with Crippen molar-refractivity contribution in [3.05, 3.63) is 41.6 Å². The number of likely N-dealkylation sites (N-methyl/N-ethyl adjacent to an activating group) is 1. The Labute approximate surface area is 126 Å². The molecule has 0 amide bonds. The lowest BCUT2D eigenvalue weighted by atomic mass is 10.1. The van der Waals surface area contributed by atoms with Crippen molar-refractivity contribution in [2.24, 2.45) is 0 Å². The molecule has 2 heterocycles.